The molecule has 0 saturated carbocycles. The van der Waals surface area contributed by atoms with Gasteiger partial charge in [-0.3, -0.25) is 0 Å². The van der Waals surface area contributed by atoms with Crippen LogP contribution in [0, 0.1) is 0 Å². The van der Waals surface area contributed by atoms with Gasteiger partial charge in [-0.25, -0.2) is 4.98 Å². The third-order valence-corrected chi connectivity index (χ3v) is 2.93. The molecule has 3 rings (SSSR count). The Bertz CT molecular complexity index is 475. The summed E-state index contributed by atoms with van der Waals surface area (Å²) in [4.78, 5) is 7.59. The highest BCUT2D eigenvalue weighted by molar-refractivity contribution is 5.81. The molecule has 2 aromatic rings. The van der Waals surface area contributed by atoms with Crippen LogP contribution in [0.4, 0.5) is 0 Å². The second-order valence-electron chi connectivity index (χ2n) is 3.88. The van der Waals surface area contributed by atoms with Gasteiger partial charge in [0.2, 0.25) is 0 Å². The molecule has 2 N–H and O–H groups in total. The molecule has 0 amide bonds. The van der Waals surface area contributed by atoms with Gasteiger partial charge in [0.25, 0.3) is 0 Å². The zero-order valence-corrected chi connectivity index (χ0v) is 7.83. The minimum Gasteiger partial charge on any atom is -0.393 e. The maximum atomic E-state index is 9.60. The molecular formula is C11H12N2O. The Morgan fingerprint density at radius 1 is 1.50 bits per heavy atom. The van der Waals surface area contributed by atoms with Gasteiger partial charge in [0, 0.05) is 23.7 Å². The second kappa shape index (κ2) is 2.82. The van der Waals surface area contributed by atoms with Crippen LogP contribution in [0.3, 0.4) is 0 Å². The largest absolute Gasteiger partial charge is 0.393 e. The molecule has 1 atom stereocenters. The van der Waals surface area contributed by atoms with Crippen molar-refractivity contribution < 1.29 is 5.11 Å². The molecule has 2 heterocycles. The van der Waals surface area contributed by atoms with Crippen LogP contribution >= 0.6 is 0 Å². The van der Waals surface area contributed by atoms with Crippen LogP contribution in [0.25, 0.3) is 11.0 Å². The van der Waals surface area contributed by atoms with Crippen molar-refractivity contribution in [3.05, 3.63) is 29.6 Å². The Morgan fingerprint density at radius 2 is 2.43 bits per heavy atom. The number of aromatic nitrogens is 2. The molecule has 2 aromatic heterocycles. The normalized spacial score (nSPS) is 21.1. The number of fused-ring (bicyclic) bond motifs is 3. The van der Waals surface area contributed by atoms with E-state index in [9.17, 15) is 5.11 Å². The predicted octanol–water partition coefficient (Wildman–Crippen LogP) is 1.41. The van der Waals surface area contributed by atoms with Gasteiger partial charge in [-0.2, -0.15) is 0 Å². The first kappa shape index (κ1) is 8.00. The summed E-state index contributed by atoms with van der Waals surface area (Å²) in [5.74, 6) is 0. The quantitative estimate of drug-likeness (QED) is 0.656. The fourth-order valence-electron chi connectivity index (χ4n) is 2.22. The van der Waals surface area contributed by atoms with E-state index in [0.29, 0.717) is 0 Å². The molecule has 0 aromatic carbocycles. The van der Waals surface area contributed by atoms with E-state index in [4.69, 9.17) is 0 Å². The molecule has 0 fully saturated rings. The van der Waals surface area contributed by atoms with Gasteiger partial charge in [-0.05, 0) is 30.5 Å². The van der Waals surface area contributed by atoms with Crippen LogP contribution in [0.2, 0.25) is 0 Å². The second-order valence-corrected chi connectivity index (χ2v) is 3.88. The van der Waals surface area contributed by atoms with E-state index in [-0.39, 0.29) is 6.10 Å². The van der Waals surface area contributed by atoms with E-state index in [1.54, 1.807) is 6.20 Å². The number of aliphatic hydroxyl groups is 1. The molecule has 1 aliphatic carbocycles. The monoisotopic (exact) mass is 188 g/mol. The molecule has 0 radical (unpaired) electrons. The maximum absolute atomic E-state index is 9.60. The number of aryl methyl sites for hydroxylation is 1. The van der Waals surface area contributed by atoms with Gasteiger partial charge < -0.3 is 10.1 Å². The summed E-state index contributed by atoms with van der Waals surface area (Å²) in [5, 5.41) is 10.8. The Kier molecular flexibility index (Phi) is 1.61. The van der Waals surface area contributed by atoms with Gasteiger partial charge in [-0.15, -0.1) is 0 Å². The Balaban J connectivity index is 2.25. The Morgan fingerprint density at radius 3 is 3.36 bits per heavy atom. The van der Waals surface area contributed by atoms with Gasteiger partial charge >= 0.3 is 0 Å². The van der Waals surface area contributed by atoms with Crippen molar-refractivity contribution in [1.82, 2.24) is 9.97 Å². The SMILES string of the molecule is O[C@@H]1CCc2[nH]c3ncccc3c2C1. The highest BCUT2D eigenvalue weighted by Gasteiger charge is 2.20. The Hall–Kier alpha value is -1.35. The van der Waals surface area contributed by atoms with Gasteiger partial charge in [-0.1, -0.05) is 0 Å². The number of H-pyrrole nitrogens is 1. The topological polar surface area (TPSA) is 48.9 Å². The first-order chi connectivity index (χ1) is 6.84. The average Bonchev–Trinajstić information content (AvgIpc) is 2.56. The highest BCUT2D eigenvalue weighted by Crippen LogP contribution is 2.27. The van der Waals surface area contributed by atoms with Crippen LogP contribution in [0.15, 0.2) is 18.3 Å². The van der Waals surface area contributed by atoms with E-state index in [2.05, 4.69) is 16.0 Å². The van der Waals surface area contributed by atoms with Crippen molar-refractivity contribution >= 4 is 11.0 Å². The highest BCUT2D eigenvalue weighted by atomic mass is 16.3. The molecule has 0 saturated heterocycles. The molecule has 3 nitrogen and oxygen atoms in total. The van der Waals surface area contributed by atoms with Crippen molar-refractivity contribution in [2.75, 3.05) is 0 Å². The van der Waals surface area contributed by atoms with E-state index in [0.717, 1.165) is 24.9 Å². The number of hydrogen-bond donors (Lipinski definition) is 2. The lowest BCUT2D eigenvalue weighted by atomic mass is 9.94. The fraction of sp³-hybridized carbons (Fsp3) is 0.364. The summed E-state index contributed by atoms with van der Waals surface area (Å²) in [6.45, 7) is 0. The van der Waals surface area contributed by atoms with Gasteiger partial charge in [0.05, 0.1) is 6.10 Å². The molecule has 3 heteroatoms. The lowest BCUT2D eigenvalue weighted by Crippen LogP contribution is -2.17. The third-order valence-electron chi connectivity index (χ3n) is 2.93. The van der Waals surface area contributed by atoms with Crippen molar-refractivity contribution in [2.24, 2.45) is 0 Å². The number of nitrogens with zero attached hydrogens (tertiary/aromatic N) is 1. The summed E-state index contributed by atoms with van der Waals surface area (Å²) >= 11 is 0. The van der Waals surface area contributed by atoms with Crippen LogP contribution in [0.5, 0.6) is 0 Å². The first-order valence-electron chi connectivity index (χ1n) is 4.97. The number of nitrogens with one attached hydrogen (secondary N) is 1. The third kappa shape index (κ3) is 1.06. The van der Waals surface area contributed by atoms with E-state index in [1.165, 1.54) is 16.6 Å². The van der Waals surface area contributed by atoms with Crippen LogP contribution < -0.4 is 0 Å². The van der Waals surface area contributed by atoms with E-state index in [1.807, 2.05) is 6.07 Å². The maximum Gasteiger partial charge on any atom is 0.137 e. The molecule has 0 aliphatic heterocycles. The van der Waals surface area contributed by atoms with Crippen molar-refractivity contribution in [3.63, 3.8) is 0 Å². The average molecular weight is 188 g/mol. The minimum absolute atomic E-state index is 0.179. The first-order valence-corrected chi connectivity index (χ1v) is 4.97. The molecule has 0 spiro atoms. The summed E-state index contributed by atoms with van der Waals surface area (Å²) in [6, 6.07) is 4.01. The van der Waals surface area contributed by atoms with Crippen LogP contribution in [-0.2, 0) is 12.8 Å². The number of aromatic amines is 1. The summed E-state index contributed by atoms with van der Waals surface area (Å²) < 4.78 is 0. The lowest BCUT2D eigenvalue weighted by Gasteiger charge is -2.16. The van der Waals surface area contributed by atoms with Crippen molar-refractivity contribution in [3.8, 4) is 0 Å². The van der Waals surface area contributed by atoms with Crippen molar-refractivity contribution in [2.45, 2.75) is 25.4 Å². The van der Waals surface area contributed by atoms with Gasteiger partial charge in [0.1, 0.15) is 5.65 Å². The number of pyridine rings is 1. The van der Waals surface area contributed by atoms with E-state index < -0.39 is 0 Å². The van der Waals surface area contributed by atoms with Crippen LogP contribution in [-0.4, -0.2) is 21.2 Å². The molecule has 0 bridgehead atoms. The van der Waals surface area contributed by atoms with Crippen LogP contribution in [0.1, 0.15) is 17.7 Å². The predicted molar refractivity (Wildman–Crippen MR) is 54.1 cm³/mol. The molecular weight excluding hydrogens is 176 g/mol. The zero-order chi connectivity index (χ0) is 9.54. The lowest BCUT2D eigenvalue weighted by molar-refractivity contribution is 0.158. The van der Waals surface area contributed by atoms with E-state index >= 15 is 0 Å². The number of aliphatic hydroxyl groups excluding tert-OH is 1. The Labute approximate surface area is 81.8 Å². The molecule has 72 valence electrons. The van der Waals surface area contributed by atoms with Gasteiger partial charge in [0.15, 0.2) is 0 Å². The van der Waals surface area contributed by atoms with Crippen molar-refractivity contribution in [1.29, 1.82) is 0 Å². The standard InChI is InChI=1S/C11H12N2O/c14-7-3-4-10-9(6-7)8-2-1-5-12-11(8)13-10/h1-2,5,7,14H,3-4,6H2,(H,12,13)/t7-/m1/s1. The zero-order valence-electron chi connectivity index (χ0n) is 7.83. The molecule has 1 aliphatic rings. The number of rotatable bonds is 0. The summed E-state index contributed by atoms with van der Waals surface area (Å²) in [5.41, 5.74) is 3.46. The smallest absolute Gasteiger partial charge is 0.137 e. The fourth-order valence-corrected chi connectivity index (χ4v) is 2.22. The summed E-state index contributed by atoms with van der Waals surface area (Å²) in [7, 11) is 0. The molecule has 0 unspecified atom stereocenters. The molecule has 14 heavy (non-hydrogen) atoms. The summed E-state index contributed by atoms with van der Waals surface area (Å²) in [6.07, 6.45) is 4.18. The minimum atomic E-state index is -0.179. The number of hydrogen-bond acceptors (Lipinski definition) is 2.